The number of ether oxygens (including phenoxy) is 2. The summed E-state index contributed by atoms with van der Waals surface area (Å²) in [6, 6.07) is 4.70. The Balaban J connectivity index is 1.78. The highest BCUT2D eigenvalue weighted by Gasteiger charge is 2.12. The number of nitrogens with zero attached hydrogens (tertiary/aromatic N) is 2. The first-order valence-electron chi connectivity index (χ1n) is 7.21. The Bertz CT molecular complexity index is 749. The number of carbonyl (C=O) groups is 2. The van der Waals surface area contributed by atoms with Crippen molar-refractivity contribution in [1.82, 2.24) is 21.0 Å². The van der Waals surface area contributed by atoms with E-state index in [1.54, 1.807) is 19.1 Å². The number of methoxy groups -OCH3 is 2. The third-order valence-corrected chi connectivity index (χ3v) is 3.92. The van der Waals surface area contributed by atoms with E-state index in [1.165, 1.54) is 32.0 Å². The van der Waals surface area contributed by atoms with Crippen LogP contribution in [0.3, 0.4) is 0 Å². The summed E-state index contributed by atoms with van der Waals surface area (Å²) < 4.78 is 15.1. The molecule has 2 rings (SSSR count). The molecule has 0 saturated carbocycles. The third-order valence-electron chi connectivity index (χ3n) is 3.00. The summed E-state index contributed by atoms with van der Waals surface area (Å²) >= 11 is 1.30. The van der Waals surface area contributed by atoms with Crippen LogP contribution < -0.4 is 20.3 Å². The second kappa shape index (κ2) is 8.92. The number of carbonyl (C=O) groups excluding carboxylic acids is 2. The van der Waals surface area contributed by atoms with Gasteiger partial charge in [-0.05, 0) is 18.2 Å². The molecule has 25 heavy (non-hydrogen) atoms. The van der Waals surface area contributed by atoms with E-state index < -0.39 is 5.91 Å². The minimum Gasteiger partial charge on any atom is -0.493 e. The smallest absolute Gasteiger partial charge is 0.269 e. The molecule has 134 valence electrons. The highest BCUT2D eigenvalue weighted by Crippen LogP contribution is 2.27. The standard InChI is InChI=1S/C15H18N4O5S/c1-9-16-13(19-24-9)7-25-8-14(20)17-18-15(21)10-4-5-11(22-2)12(6-10)23-3/h4-6H,7-8H2,1-3H3,(H,17,20)(H,18,21). The first-order chi connectivity index (χ1) is 12.0. The first kappa shape index (κ1) is 18.6. The zero-order valence-corrected chi connectivity index (χ0v) is 14.8. The van der Waals surface area contributed by atoms with E-state index in [4.69, 9.17) is 14.0 Å². The van der Waals surface area contributed by atoms with Gasteiger partial charge in [0.15, 0.2) is 17.3 Å². The van der Waals surface area contributed by atoms with Crippen LogP contribution in [-0.4, -0.2) is 41.9 Å². The van der Waals surface area contributed by atoms with Crippen molar-refractivity contribution in [3.8, 4) is 11.5 Å². The molecule has 0 atom stereocenters. The van der Waals surface area contributed by atoms with E-state index >= 15 is 0 Å². The fourth-order valence-electron chi connectivity index (χ4n) is 1.85. The van der Waals surface area contributed by atoms with E-state index in [9.17, 15) is 9.59 Å². The van der Waals surface area contributed by atoms with E-state index in [-0.39, 0.29) is 11.7 Å². The van der Waals surface area contributed by atoms with Gasteiger partial charge in [-0.3, -0.25) is 20.4 Å². The van der Waals surface area contributed by atoms with Crippen molar-refractivity contribution in [2.45, 2.75) is 12.7 Å². The Labute approximate surface area is 148 Å². The molecule has 0 bridgehead atoms. The minimum atomic E-state index is -0.465. The summed E-state index contributed by atoms with van der Waals surface area (Å²) in [7, 11) is 2.98. The maximum atomic E-state index is 12.1. The van der Waals surface area contributed by atoms with Crippen molar-refractivity contribution >= 4 is 23.6 Å². The highest BCUT2D eigenvalue weighted by molar-refractivity contribution is 7.99. The summed E-state index contributed by atoms with van der Waals surface area (Å²) in [5.41, 5.74) is 5.01. The Kier molecular flexibility index (Phi) is 6.63. The summed E-state index contributed by atoms with van der Waals surface area (Å²) in [5, 5.41) is 3.73. The third kappa shape index (κ3) is 5.38. The van der Waals surface area contributed by atoms with Gasteiger partial charge < -0.3 is 14.0 Å². The van der Waals surface area contributed by atoms with Crippen molar-refractivity contribution in [2.24, 2.45) is 0 Å². The van der Waals surface area contributed by atoms with Gasteiger partial charge in [0.1, 0.15) is 0 Å². The number of rotatable bonds is 7. The van der Waals surface area contributed by atoms with Gasteiger partial charge in [-0.15, -0.1) is 11.8 Å². The normalized spacial score (nSPS) is 10.2. The molecule has 0 saturated heterocycles. The van der Waals surface area contributed by atoms with Gasteiger partial charge in [0.2, 0.25) is 11.8 Å². The average molecular weight is 366 g/mol. The van der Waals surface area contributed by atoms with Crippen molar-refractivity contribution in [2.75, 3.05) is 20.0 Å². The molecule has 0 fully saturated rings. The van der Waals surface area contributed by atoms with Gasteiger partial charge in [-0.1, -0.05) is 5.16 Å². The van der Waals surface area contributed by atoms with Gasteiger partial charge in [0.05, 0.1) is 25.7 Å². The quantitative estimate of drug-likeness (QED) is 0.700. The summed E-state index contributed by atoms with van der Waals surface area (Å²) in [6.07, 6.45) is 0. The van der Waals surface area contributed by atoms with Crippen LogP contribution in [0.4, 0.5) is 0 Å². The molecule has 1 aromatic heterocycles. The van der Waals surface area contributed by atoms with Crippen LogP contribution in [0.25, 0.3) is 0 Å². The van der Waals surface area contributed by atoms with Crippen LogP contribution in [0.1, 0.15) is 22.1 Å². The van der Waals surface area contributed by atoms with Crippen molar-refractivity contribution in [3.63, 3.8) is 0 Å². The molecule has 10 heteroatoms. The predicted molar refractivity (Wildman–Crippen MR) is 90.4 cm³/mol. The molecular formula is C15H18N4O5S. The predicted octanol–water partition coefficient (Wildman–Crippen LogP) is 1.09. The molecule has 0 aliphatic carbocycles. The van der Waals surface area contributed by atoms with Crippen molar-refractivity contribution < 1.29 is 23.6 Å². The van der Waals surface area contributed by atoms with Crippen LogP contribution in [0, 0.1) is 6.92 Å². The molecule has 0 unspecified atom stereocenters. The van der Waals surface area contributed by atoms with Gasteiger partial charge in [0.25, 0.3) is 5.91 Å². The van der Waals surface area contributed by atoms with Crippen LogP contribution >= 0.6 is 11.8 Å². The fourth-order valence-corrected chi connectivity index (χ4v) is 2.51. The second-order valence-electron chi connectivity index (χ2n) is 4.79. The Morgan fingerprint density at radius 3 is 2.60 bits per heavy atom. The number of aryl methyl sites for hydroxylation is 1. The lowest BCUT2D eigenvalue weighted by molar-refractivity contribution is -0.119. The van der Waals surface area contributed by atoms with E-state index in [2.05, 4.69) is 21.0 Å². The molecule has 9 nitrogen and oxygen atoms in total. The van der Waals surface area contributed by atoms with E-state index in [1.807, 2.05) is 0 Å². The zero-order chi connectivity index (χ0) is 18.2. The Hall–Kier alpha value is -2.75. The van der Waals surface area contributed by atoms with Crippen LogP contribution in [0.15, 0.2) is 22.7 Å². The Morgan fingerprint density at radius 2 is 1.96 bits per heavy atom. The molecule has 0 spiro atoms. The van der Waals surface area contributed by atoms with Crippen LogP contribution in [-0.2, 0) is 10.5 Å². The number of nitrogens with one attached hydrogen (secondary N) is 2. The molecular weight excluding hydrogens is 348 g/mol. The number of hydrogen-bond acceptors (Lipinski definition) is 8. The maximum Gasteiger partial charge on any atom is 0.269 e. The van der Waals surface area contributed by atoms with Gasteiger partial charge in [0, 0.05) is 12.5 Å². The number of amides is 2. The van der Waals surface area contributed by atoms with Crippen molar-refractivity contribution in [3.05, 3.63) is 35.5 Å². The zero-order valence-electron chi connectivity index (χ0n) is 14.0. The summed E-state index contributed by atoms with van der Waals surface area (Å²) in [5.74, 6) is 1.69. The number of aromatic nitrogens is 2. The molecule has 0 aliphatic heterocycles. The maximum absolute atomic E-state index is 12.1. The van der Waals surface area contributed by atoms with Crippen LogP contribution in [0.2, 0.25) is 0 Å². The fraction of sp³-hybridized carbons (Fsp3) is 0.333. The highest BCUT2D eigenvalue weighted by atomic mass is 32.2. The summed E-state index contributed by atoms with van der Waals surface area (Å²) in [4.78, 5) is 27.8. The Morgan fingerprint density at radius 1 is 1.20 bits per heavy atom. The average Bonchev–Trinajstić information content (AvgIpc) is 3.04. The van der Waals surface area contributed by atoms with E-state index in [0.717, 1.165) is 0 Å². The number of benzene rings is 1. The number of hydrazine groups is 1. The second-order valence-corrected chi connectivity index (χ2v) is 5.78. The molecule has 1 heterocycles. The lowest BCUT2D eigenvalue weighted by Gasteiger charge is -2.10. The molecule has 2 N–H and O–H groups in total. The first-order valence-corrected chi connectivity index (χ1v) is 8.37. The molecule has 0 radical (unpaired) electrons. The topological polar surface area (TPSA) is 116 Å². The lowest BCUT2D eigenvalue weighted by Crippen LogP contribution is -2.42. The number of thioether (sulfide) groups is 1. The summed E-state index contributed by atoms with van der Waals surface area (Å²) in [6.45, 7) is 1.69. The van der Waals surface area contributed by atoms with Gasteiger partial charge in [-0.2, -0.15) is 4.98 Å². The molecule has 2 aromatic rings. The largest absolute Gasteiger partial charge is 0.493 e. The molecule has 1 aromatic carbocycles. The van der Waals surface area contributed by atoms with Gasteiger partial charge in [-0.25, -0.2) is 0 Å². The lowest BCUT2D eigenvalue weighted by atomic mass is 10.2. The van der Waals surface area contributed by atoms with Crippen LogP contribution in [0.5, 0.6) is 11.5 Å². The molecule has 2 amide bonds. The monoisotopic (exact) mass is 366 g/mol. The SMILES string of the molecule is COc1ccc(C(=O)NNC(=O)CSCc2noc(C)n2)cc1OC. The van der Waals surface area contributed by atoms with E-state index in [0.29, 0.717) is 34.5 Å². The van der Waals surface area contributed by atoms with Gasteiger partial charge >= 0.3 is 0 Å². The van der Waals surface area contributed by atoms with Crippen molar-refractivity contribution in [1.29, 1.82) is 0 Å². The molecule has 0 aliphatic rings. The minimum absolute atomic E-state index is 0.139. The number of hydrogen-bond donors (Lipinski definition) is 2.